The monoisotopic (exact) mass is 442 g/mol. The van der Waals surface area contributed by atoms with Gasteiger partial charge in [-0.1, -0.05) is 56.2 Å². The second-order valence-corrected chi connectivity index (χ2v) is 11.7. The predicted octanol–water partition coefficient (Wildman–Crippen LogP) is 7.50. The minimum absolute atomic E-state index is 0.685. The number of halogens is 1. The maximum absolute atomic E-state index is 2.73. The molecule has 0 N–H and O–H groups in total. The Morgan fingerprint density at radius 3 is 2.46 bits per heavy atom. The molecule has 5 unspecified atom stereocenters. The molecule has 24 heavy (non-hydrogen) atoms. The number of fused-ring (bicyclic) bond motifs is 5. The van der Waals surface area contributed by atoms with Crippen molar-refractivity contribution in [1.29, 1.82) is 0 Å². The lowest BCUT2D eigenvalue weighted by atomic mass is 9.44. The normalized spacial score (nSPS) is 52.2. The molecule has 0 radical (unpaired) electrons. The highest BCUT2D eigenvalue weighted by Gasteiger charge is 2.59. The van der Waals surface area contributed by atoms with Crippen molar-refractivity contribution in [3.8, 4) is 0 Å². The van der Waals surface area contributed by atoms with Crippen LogP contribution in [0, 0.1) is 46.3 Å². The van der Waals surface area contributed by atoms with E-state index in [2.05, 4.69) is 43.4 Å². The van der Waals surface area contributed by atoms with Gasteiger partial charge in [-0.3, -0.25) is 0 Å². The van der Waals surface area contributed by atoms with Crippen LogP contribution in [0.4, 0.5) is 0 Å². The molecule has 0 aromatic carbocycles. The van der Waals surface area contributed by atoms with E-state index in [0.717, 1.165) is 35.5 Å². The van der Waals surface area contributed by atoms with Crippen LogP contribution in [0.15, 0.2) is 0 Å². The maximum Gasteiger partial charge on any atom is -0.000209 e. The Bertz CT molecular complexity index is 459. The second-order valence-electron chi connectivity index (χ2n) is 10.6. The Labute approximate surface area is 164 Å². The minimum atomic E-state index is 0.685. The topological polar surface area (TPSA) is 0 Å². The highest BCUT2D eigenvalue weighted by Crippen LogP contribution is 2.68. The standard InChI is InChI=1S/C23H39I/c1-16(12-15-24)19-9-10-20-18-8-7-17-6-4-5-13-22(17,2)21(18)11-14-23(19,20)3/h16-21H,4-15H2,1-3H3/t16-,17?,18?,19?,20?,21?,22+,23-/m1/s1. The Hall–Kier alpha value is 0.730. The first-order valence-corrected chi connectivity index (χ1v) is 12.6. The molecule has 0 aromatic heterocycles. The lowest BCUT2D eigenvalue weighted by molar-refractivity contribution is -0.114. The van der Waals surface area contributed by atoms with Crippen molar-refractivity contribution in [2.75, 3.05) is 4.43 Å². The maximum atomic E-state index is 2.73. The van der Waals surface area contributed by atoms with Crippen LogP contribution in [-0.4, -0.2) is 4.43 Å². The Kier molecular flexibility index (Phi) is 5.07. The third kappa shape index (κ3) is 2.64. The zero-order chi connectivity index (χ0) is 16.9. The first-order chi connectivity index (χ1) is 11.5. The molecule has 4 rings (SSSR count). The van der Waals surface area contributed by atoms with Crippen LogP contribution >= 0.6 is 22.6 Å². The molecule has 0 bridgehead atoms. The summed E-state index contributed by atoms with van der Waals surface area (Å²) in [7, 11) is 0. The summed E-state index contributed by atoms with van der Waals surface area (Å²) in [4.78, 5) is 0. The molecule has 0 heterocycles. The second kappa shape index (κ2) is 6.71. The molecule has 138 valence electrons. The fraction of sp³-hybridized carbons (Fsp3) is 1.00. The highest BCUT2D eigenvalue weighted by atomic mass is 127. The van der Waals surface area contributed by atoms with Gasteiger partial charge in [0.2, 0.25) is 0 Å². The SMILES string of the molecule is C[C@H](CCI)C1CCC2C3CCC4CCCC[C@]4(C)C3CC[C@@]21C. The van der Waals surface area contributed by atoms with Gasteiger partial charge in [-0.2, -0.15) is 0 Å². The van der Waals surface area contributed by atoms with E-state index in [0.29, 0.717) is 10.8 Å². The Morgan fingerprint density at radius 1 is 0.875 bits per heavy atom. The van der Waals surface area contributed by atoms with Gasteiger partial charge in [-0.25, -0.2) is 0 Å². The molecule has 0 amide bonds. The van der Waals surface area contributed by atoms with E-state index in [-0.39, 0.29) is 0 Å². The van der Waals surface area contributed by atoms with E-state index in [1.165, 1.54) is 23.7 Å². The van der Waals surface area contributed by atoms with Crippen molar-refractivity contribution in [3.05, 3.63) is 0 Å². The van der Waals surface area contributed by atoms with Gasteiger partial charge in [0.25, 0.3) is 0 Å². The van der Waals surface area contributed by atoms with Gasteiger partial charge in [0.15, 0.2) is 0 Å². The van der Waals surface area contributed by atoms with Gasteiger partial charge in [-0.05, 0) is 109 Å². The van der Waals surface area contributed by atoms with E-state index >= 15 is 0 Å². The largest absolute Gasteiger partial charge is 0.0864 e. The molecule has 0 nitrogen and oxygen atoms in total. The highest BCUT2D eigenvalue weighted by molar-refractivity contribution is 14.1. The summed E-state index contributed by atoms with van der Waals surface area (Å²) in [5.41, 5.74) is 1.40. The molecule has 8 atom stereocenters. The zero-order valence-corrected chi connectivity index (χ0v) is 18.5. The molecule has 4 fully saturated rings. The van der Waals surface area contributed by atoms with Crippen LogP contribution in [0.1, 0.15) is 91.4 Å². The van der Waals surface area contributed by atoms with E-state index in [1.807, 2.05) is 0 Å². The van der Waals surface area contributed by atoms with Gasteiger partial charge < -0.3 is 0 Å². The van der Waals surface area contributed by atoms with Gasteiger partial charge in [-0.15, -0.1) is 0 Å². The molecule has 0 spiro atoms. The molecule has 0 aliphatic heterocycles. The van der Waals surface area contributed by atoms with Crippen molar-refractivity contribution in [3.63, 3.8) is 0 Å². The average Bonchev–Trinajstić information content (AvgIpc) is 2.92. The number of hydrogen-bond acceptors (Lipinski definition) is 0. The van der Waals surface area contributed by atoms with E-state index < -0.39 is 0 Å². The molecule has 0 saturated heterocycles. The first-order valence-electron chi connectivity index (χ1n) is 11.1. The lowest BCUT2D eigenvalue weighted by Crippen LogP contribution is -2.53. The van der Waals surface area contributed by atoms with Crippen LogP contribution in [0.2, 0.25) is 0 Å². The predicted molar refractivity (Wildman–Crippen MR) is 113 cm³/mol. The summed E-state index contributed by atoms with van der Waals surface area (Å²) in [5.74, 6) is 6.28. The van der Waals surface area contributed by atoms with Crippen molar-refractivity contribution in [1.82, 2.24) is 0 Å². The summed E-state index contributed by atoms with van der Waals surface area (Å²) in [6, 6.07) is 0. The van der Waals surface area contributed by atoms with Crippen LogP contribution < -0.4 is 0 Å². The minimum Gasteiger partial charge on any atom is -0.0864 e. The van der Waals surface area contributed by atoms with Gasteiger partial charge in [0, 0.05) is 0 Å². The molecule has 4 aliphatic carbocycles. The van der Waals surface area contributed by atoms with Crippen LogP contribution in [-0.2, 0) is 0 Å². The molecule has 1 heteroatoms. The third-order valence-corrected chi connectivity index (χ3v) is 10.5. The summed E-state index contributed by atoms with van der Waals surface area (Å²) >= 11 is 2.59. The van der Waals surface area contributed by atoms with E-state index in [1.54, 1.807) is 51.4 Å². The summed E-state index contributed by atoms with van der Waals surface area (Å²) in [6.07, 6.45) is 17.0. The smallest absolute Gasteiger partial charge is 0.000209 e. The average molecular weight is 442 g/mol. The van der Waals surface area contributed by atoms with Gasteiger partial charge in [0.05, 0.1) is 0 Å². The fourth-order valence-electron chi connectivity index (χ4n) is 8.64. The van der Waals surface area contributed by atoms with Crippen molar-refractivity contribution in [2.24, 2.45) is 46.3 Å². The quantitative estimate of drug-likeness (QED) is 0.314. The first kappa shape index (κ1) is 18.1. The van der Waals surface area contributed by atoms with E-state index in [4.69, 9.17) is 0 Å². The van der Waals surface area contributed by atoms with Crippen LogP contribution in [0.25, 0.3) is 0 Å². The molecular formula is C23H39I. The van der Waals surface area contributed by atoms with Crippen LogP contribution in [0.3, 0.4) is 0 Å². The molecular weight excluding hydrogens is 403 g/mol. The molecule has 0 aromatic rings. The van der Waals surface area contributed by atoms with E-state index in [9.17, 15) is 0 Å². The van der Waals surface area contributed by atoms with Crippen molar-refractivity contribution in [2.45, 2.75) is 91.4 Å². The zero-order valence-electron chi connectivity index (χ0n) is 16.3. The molecule has 4 saturated carbocycles. The fourth-order valence-corrected chi connectivity index (χ4v) is 9.63. The lowest BCUT2D eigenvalue weighted by Gasteiger charge is -2.61. The van der Waals surface area contributed by atoms with Crippen LogP contribution in [0.5, 0.6) is 0 Å². The summed E-state index contributed by atoms with van der Waals surface area (Å²) in [5, 5.41) is 0. The summed E-state index contributed by atoms with van der Waals surface area (Å²) < 4.78 is 1.35. The number of rotatable bonds is 3. The number of hydrogen-bond donors (Lipinski definition) is 0. The third-order valence-electron chi connectivity index (χ3n) is 9.91. The van der Waals surface area contributed by atoms with Gasteiger partial charge >= 0.3 is 0 Å². The van der Waals surface area contributed by atoms with Gasteiger partial charge in [0.1, 0.15) is 0 Å². The van der Waals surface area contributed by atoms with Crippen molar-refractivity contribution < 1.29 is 0 Å². The molecule has 4 aliphatic rings. The van der Waals surface area contributed by atoms with Crippen molar-refractivity contribution >= 4 is 22.6 Å². The number of alkyl halides is 1. The summed E-state index contributed by atoms with van der Waals surface area (Å²) in [6.45, 7) is 8.02. The Balaban J connectivity index is 1.57. The Morgan fingerprint density at radius 2 is 1.67 bits per heavy atom.